The third kappa shape index (κ3) is 3.37. The van der Waals surface area contributed by atoms with E-state index in [-0.39, 0.29) is 6.10 Å². The highest BCUT2D eigenvalue weighted by molar-refractivity contribution is 5.57. The maximum absolute atomic E-state index is 6.05. The number of pyridine rings is 1. The molecule has 0 amide bonds. The van der Waals surface area contributed by atoms with Gasteiger partial charge >= 0.3 is 0 Å². The molecule has 0 aliphatic carbocycles. The molecular formula is C22H23N5O. The predicted molar refractivity (Wildman–Crippen MR) is 108 cm³/mol. The Morgan fingerprint density at radius 1 is 1.07 bits per heavy atom. The maximum Gasteiger partial charge on any atom is 0.180 e. The molecular weight excluding hydrogens is 350 g/mol. The summed E-state index contributed by atoms with van der Waals surface area (Å²) in [5.41, 5.74) is 5.69. The van der Waals surface area contributed by atoms with Gasteiger partial charge in [0, 0.05) is 24.8 Å². The Balaban J connectivity index is 1.45. The molecule has 5 rings (SSSR count). The summed E-state index contributed by atoms with van der Waals surface area (Å²) >= 11 is 0. The Labute approximate surface area is 164 Å². The van der Waals surface area contributed by atoms with E-state index in [2.05, 4.69) is 39.9 Å². The Hall–Kier alpha value is -2.83. The van der Waals surface area contributed by atoms with E-state index in [1.807, 2.05) is 18.2 Å². The molecule has 142 valence electrons. The molecule has 0 fully saturated rings. The van der Waals surface area contributed by atoms with Crippen LogP contribution in [0.1, 0.15) is 28.5 Å². The summed E-state index contributed by atoms with van der Waals surface area (Å²) in [4.78, 5) is 14.0. The van der Waals surface area contributed by atoms with Crippen LogP contribution in [-0.2, 0) is 24.1 Å². The Morgan fingerprint density at radius 2 is 2.00 bits per heavy atom. The number of nitrogens with zero attached hydrogens (tertiary/aromatic N) is 3. The van der Waals surface area contributed by atoms with Gasteiger partial charge in [0.15, 0.2) is 5.82 Å². The van der Waals surface area contributed by atoms with E-state index in [1.165, 1.54) is 16.7 Å². The van der Waals surface area contributed by atoms with Gasteiger partial charge in [-0.15, -0.1) is 0 Å². The number of benzene rings is 1. The smallest absolute Gasteiger partial charge is 0.180 e. The minimum absolute atomic E-state index is 0.0376. The fourth-order valence-electron chi connectivity index (χ4n) is 3.95. The molecule has 6 nitrogen and oxygen atoms in total. The summed E-state index contributed by atoms with van der Waals surface area (Å²) in [6.45, 7) is 3.15. The van der Waals surface area contributed by atoms with Crippen molar-refractivity contribution in [1.82, 2.24) is 20.3 Å². The first kappa shape index (κ1) is 17.3. The molecule has 0 radical (unpaired) electrons. The van der Waals surface area contributed by atoms with Crippen LogP contribution in [0.15, 0.2) is 48.7 Å². The first-order chi connectivity index (χ1) is 13.9. The highest BCUT2D eigenvalue weighted by Gasteiger charge is 2.23. The average Bonchev–Trinajstić information content (AvgIpc) is 2.78. The van der Waals surface area contributed by atoms with E-state index >= 15 is 0 Å². The van der Waals surface area contributed by atoms with E-state index in [4.69, 9.17) is 14.7 Å². The molecule has 28 heavy (non-hydrogen) atoms. The summed E-state index contributed by atoms with van der Waals surface area (Å²) in [5.74, 6) is 1.56. The van der Waals surface area contributed by atoms with Gasteiger partial charge in [0.2, 0.25) is 0 Å². The van der Waals surface area contributed by atoms with Crippen molar-refractivity contribution in [3.63, 3.8) is 0 Å². The minimum Gasteiger partial charge on any atom is -0.371 e. The summed E-state index contributed by atoms with van der Waals surface area (Å²) in [6, 6.07) is 14.4. The van der Waals surface area contributed by atoms with E-state index in [9.17, 15) is 0 Å². The highest BCUT2D eigenvalue weighted by atomic mass is 16.5. The highest BCUT2D eigenvalue weighted by Crippen LogP contribution is 2.29. The van der Waals surface area contributed by atoms with Gasteiger partial charge in [0.05, 0.1) is 18.4 Å². The van der Waals surface area contributed by atoms with Crippen molar-refractivity contribution < 1.29 is 4.74 Å². The van der Waals surface area contributed by atoms with E-state index in [0.717, 1.165) is 49.7 Å². The molecule has 0 spiro atoms. The Kier molecular flexibility index (Phi) is 4.72. The molecule has 0 saturated heterocycles. The van der Waals surface area contributed by atoms with Crippen molar-refractivity contribution in [2.45, 2.75) is 25.5 Å². The van der Waals surface area contributed by atoms with Crippen LogP contribution in [0.2, 0.25) is 0 Å². The molecule has 1 aromatic carbocycles. The van der Waals surface area contributed by atoms with Crippen molar-refractivity contribution in [3.8, 4) is 11.5 Å². The lowest BCUT2D eigenvalue weighted by Crippen LogP contribution is -2.28. The zero-order valence-electron chi connectivity index (χ0n) is 15.7. The Bertz CT molecular complexity index is 976. The number of fused-ring (bicyclic) bond motifs is 2. The molecule has 0 bridgehead atoms. The summed E-state index contributed by atoms with van der Waals surface area (Å²) < 4.78 is 6.05. The summed E-state index contributed by atoms with van der Waals surface area (Å²) in [7, 11) is 0. The van der Waals surface area contributed by atoms with Crippen LogP contribution in [0.4, 0.5) is 5.82 Å². The summed E-state index contributed by atoms with van der Waals surface area (Å²) in [6.07, 6.45) is 3.71. The van der Waals surface area contributed by atoms with Gasteiger partial charge < -0.3 is 15.4 Å². The Morgan fingerprint density at radius 3 is 2.93 bits per heavy atom. The third-order valence-corrected chi connectivity index (χ3v) is 5.38. The van der Waals surface area contributed by atoms with Gasteiger partial charge in [-0.25, -0.2) is 9.97 Å². The third-order valence-electron chi connectivity index (χ3n) is 5.38. The maximum atomic E-state index is 6.05. The number of aromatic nitrogens is 3. The van der Waals surface area contributed by atoms with Crippen molar-refractivity contribution in [2.24, 2.45) is 0 Å². The number of rotatable bonds is 4. The molecule has 2 N–H and O–H groups in total. The molecule has 4 heterocycles. The average molecular weight is 373 g/mol. The molecule has 0 saturated carbocycles. The van der Waals surface area contributed by atoms with E-state index < -0.39 is 0 Å². The largest absolute Gasteiger partial charge is 0.371 e. The van der Waals surface area contributed by atoms with Gasteiger partial charge in [-0.05, 0) is 42.6 Å². The normalized spacial score (nSPS) is 18.2. The number of hydrogen-bond donors (Lipinski definition) is 2. The van der Waals surface area contributed by atoms with Gasteiger partial charge in [-0.2, -0.15) is 0 Å². The fraction of sp³-hybridized carbons (Fsp3) is 0.318. The van der Waals surface area contributed by atoms with Crippen LogP contribution < -0.4 is 10.6 Å². The molecule has 1 atom stereocenters. The number of nitrogens with one attached hydrogen (secondary N) is 2. The zero-order chi connectivity index (χ0) is 18.8. The topological polar surface area (TPSA) is 72.0 Å². The van der Waals surface area contributed by atoms with Crippen LogP contribution in [0.25, 0.3) is 11.5 Å². The van der Waals surface area contributed by atoms with Crippen LogP contribution >= 0.6 is 0 Å². The monoisotopic (exact) mass is 373 g/mol. The lowest BCUT2D eigenvalue weighted by Gasteiger charge is -2.27. The van der Waals surface area contributed by atoms with Crippen molar-refractivity contribution in [1.29, 1.82) is 0 Å². The van der Waals surface area contributed by atoms with Gasteiger partial charge in [0.1, 0.15) is 11.5 Å². The van der Waals surface area contributed by atoms with Gasteiger partial charge in [0.25, 0.3) is 0 Å². The van der Waals surface area contributed by atoms with Gasteiger partial charge in [-0.1, -0.05) is 30.3 Å². The molecule has 2 aliphatic heterocycles. The van der Waals surface area contributed by atoms with Crippen molar-refractivity contribution >= 4 is 5.82 Å². The first-order valence-corrected chi connectivity index (χ1v) is 9.83. The van der Waals surface area contributed by atoms with Crippen molar-refractivity contribution in [2.75, 3.05) is 25.0 Å². The molecule has 3 aromatic rings. The number of ether oxygens (including phenoxy) is 1. The quantitative estimate of drug-likeness (QED) is 0.733. The standard InChI is InChI=1S/C22H23N5O/c1-2-6-16-15(5-1)9-12-28-20(16)14-25-21-17-8-11-23-13-19(17)26-22(27-21)18-7-3-4-10-24-18/h1-7,10,20,23H,8-9,11-14H2,(H,25,26,27)/t20-/m0/s1. The van der Waals surface area contributed by atoms with Gasteiger partial charge in [-0.3, -0.25) is 4.98 Å². The van der Waals surface area contributed by atoms with Crippen LogP contribution in [0.5, 0.6) is 0 Å². The molecule has 2 aliphatic rings. The lowest BCUT2D eigenvalue weighted by atomic mass is 9.97. The second-order valence-corrected chi connectivity index (χ2v) is 7.15. The van der Waals surface area contributed by atoms with Crippen LogP contribution in [0, 0.1) is 0 Å². The molecule has 0 unspecified atom stereocenters. The van der Waals surface area contributed by atoms with E-state index in [0.29, 0.717) is 12.4 Å². The molecule has 2 aromatic heterocycles. The van der Waals surface area contributed by atoms with E-state index in [1.54, 1.807) is 6.20 Å². The molecule has 6 heteroatoms. The fourth-order valence-corrected chi connectivity index (χ4v) is 3.95. The predicted octanol–water partition coefficient (Wildman–Crippen LogP) is 2.91. The SMILES string of the molecule is c1ccc(-c2nc3c(c(NC[C@@H]4OCCc5ccccc54)n2)CCNC3)nc1. The second-order valence-electron chi connectivity index (χ2n) is 7.15. The van der Waals surface area contributed by atoms with Crippen LogP contribution in [-0.4, -0.2) is 34.6 Å². The summed E-state index contributed by atoms with van der Waals surface area (Å²) in [5, 5.41) is 6.96. The number of anilines is 1. The number of hydrogen-bond acceptors (Lipinski definition) is 6. The minimum atomic E-state index is 0.0376. The zero-order valence-corrected chi connectivity index (χ0v) is 15.7. The lowest BCUT2D eigenvalue weighted by molar-refractivity contribution is 0.0513. The first-order valence-electron chi connectivity index (χ1n) is 9.83. The van der Waals surface area contributed by atoms with Crippen molar-refractivity contribution in [3.05, 3.63) is 71.0 Å². The second kappa shape index (κ2) is 7.66. The van der Waals surface area contributed by atoms with Crippen LogP contribution in [0.3, 0.4) is 0 Å².